The van der Waals surface area contributed by atoms with Crippen LogP contribution in [0.5, 0.6) is 0 Å². The van der Waals surface area contributed by atoms with E-state index < -0.39 is 0 Å². The normalized spacial score (nSPS) is 12.2. The van der Waals surface area contributed by atoms with Crippen molar-refractivity contribution >= 4 is 11.6 Å². The van der Waals surface area contributed by atoms with Crippen LogP contribution in [-0.2, 0) is 0 Å². The molecule has 0 bridgehead atoms. The summed E-state index contributed by atoms with van der Waals surface area (Å²) in [5, 5.41) is 16.6. The number of hydrogen-bond acceptors (Lipinski definition) is 4. The van der Waals surface area contributed by atoms with Crippen molar-refractivity contribution in [3.8, 4) is 0 Å². The zero-order valence-corrected chi connectivity index (χ0v) is 13.5. The van der Waals surface area contributed by atoms with Crippen molar-refractivity contribution in [1.82, 2.24) is 19.9 Å². The molecule has 3 aromatic rings. The number of benzene rings is 1. The molecule has 0 saturated heterocycles. The lowest BCUT2D eigenvalue weighted by Gasteiger charge is -2.17. The summed E-state index contributed by atoms with van der Waals surface area (Å²) in [6.07, 6.45) is 4.01. The average molecular weight is 324 g/mol. The number of aromatic nitrogens is 3. The van der Waals surface area contributed by atoms with Crippen LogP contribution in [0.15, 0.2) is 48.8 Å². The van der Waals surface area contributed by atoms with E-state index in [9.17, 15) is 9.90 Å². The first kappa shape index (κ1) is 16.1. The van der Waals surface area contributed by atoms with Gasteiger partial charge in [-0.15, -0.1) is 0 Å². The molecule has 124 valence electrons. The molecule has 1 atom stereocenters. The van der Waals surface area contributed by atoms with Crippen molar-refractivity contribution in [2.45, 2.75) is 19.3 Å². The Balaban J connectivity index is 1.77. The fourth-order valence-corrected chi connectivity index (χ4v) is 2.83. The number of hydrogen-bond donors (Lipinski definition) is 2. The highest BCUT2D eigenvalue weighted by atomic mass is 16.3. The number of carbonyl (C=O) groups is 1. The molecule has 0 spiro atoms. The first-order chi connectivity index (χ1) is 11.7. The van der Waals surface area contributed by atoms with Gasteiger partial charge in [0.1, 0.15) is 5.56 Å². The molecule has 6 nitrogen and oxygen atoms in total. The Morgan fingerprint density at radius 3 is 2.83 bits per heavy atom. The summed E-state index contributed by atoms with van der Waals surface area (Å²) in [4.78, 5) is 16.9. The third kappa shape index (κ3) is 3.28. The van der Waals surface area contributed by atoms with E-state index in [2.05, 4.69) is 15.4 Å². The highest BCUT2D eigenvalue weighted by Gasteiger charge is 2.19. The number of fused-ring (bicyclic) bond motifs is 1. The monoisotopic (exact) mass is 324 g/mol. The molecule has 2 heterocycles. The van der Waals surface area contributed by atoms with Crippen LogP contribution in [0.3, 0.4) is 0 Å². The number of amides is 1. The number of aliphatic hydroxyl groups is 1. The zero-order chi connectivity index (χ0) is 16.9. The lowest BCUT2D eigenvalue weighted by Crippen LogP contribution is -2.29. The maximum Gasteiger partial charge on any atom is 0.257 e. The molecule has 2 N–H and O–H groups in total. The molecule has 0 aliphatic carbocycles. The molecule has 0 radical (unpaired) electrons. The van der Waals surface area contributed by atoms with Crippen LogP contribution in [0.4, 0.5) is 0 Å². The third-order valence-corrected chi connectivity index (χ3v) is 4.05. The van der Waals surface area contributed by atoms with Gasteiger partial charge in [0.15, 0.2) is 5.65 Å². The predicted molar refractivity (Wildman–Crippen MR) is 90.9 cm³/mol. The van der Waals surface area contributed by atoms with Crippen molar-refractivity contribution in [3.63, 3.8) is 0 Å². The molecule has 1 unspecified atom stereocenters. The summed E-state index contributed by atoms with van der Waals surface area (Å²) in [6, 6.07) is 11.7. The van der Waals surface area contributed by atoms with E-state index in [1.807, 2.05) is 30.3 Å². The number of nitrogens with zero attached hydrogens (tertiary/aromatic N) is 3. The Kier molecular flexibility index (Phi) is 4.86. The smallest absolute Gasteiger partial charge is 0.257 e. The largest absolute Gasteiger partial charge is 0.396 e. The number of nitrogens with one attached hydrogen (secondary N) is 1. The Morgan fingerprint density at radius 2 is 2.08 bits per heavy atom. The van der Waals surface area contributed by atoms with Gasteiger partial charge in [-0.05, 0) is 25.0 Å². The predicted octanol–water partition coefficient (Wildman–Crippen LogP) is 1.93. The second kappa shape index (κ2) is 7.23. The molecule has 1 amide bonds. The minimum atomic E-state index is -0.194. The SMILES string of the molecule is Cc1nn2cccnc2c1C(=O)NCC(CCO)c1ccccc1. The third-order valence-electron chi connectivity index (χ3n) is 4.05. The molecule has 1 aromatic carbocycles. The van der Waals surface area contributed by atoms with Gasteiger partial charge in [-0.3, -0.25) is 4.79 Å². The van der Waals surface area contributed by atoms with E-state index in [-0.39, 0.29) is 18.4 Å². The van der Waals surface area contributed by atoms with E-state index in [1.165, 1.54) is 0 Å². The highest BCUT2D eigenvalue weighted by molar-refractivity contribution is 6.00. The van der Waals surface area contributed by atoms with Crippen LogP contribution >= 0.6 is 0 Å². The number of aryl methyl sites for hydroxylation is 1. The van der Waals surface area contributed by atoms with Crippen LogP contribution in [0, 0.1) is 6.92 Å². The summed E-state index contributed by atoms with van der Waals surface area (Å²) in [5.74, 6) is -0.129. The quantitative estimate of drug-likeness (QED) is 0.726. The highest BCUT2D eigenvalue weighted by Crippen LogP contribution is 2.19. The summed E-state index contributed by atoms with van der Waals surface area (Å²) in [7, 11) is 0. The molecular formula is C18H20N4O2. The van der Waals surface area contributed by atoms with Gasteiger partial charge >= 0.3 is 0 Å². The van der Waals surface area contributed by atoms with Gasteiger partial charge in [0, 0.05) is 31.5 Å². The van der Waals surface area contributed by atoms with E-state index in [0.29, 0.717) is 29.9 Å². The number of rotatable bonds is 6. The van der Waals surface area contributed by atoms with Crippen molar-refractivity contribution in [3.05, 3.63) is 65.6 Å². The Hall–Kier alpha value is -2.73. The summed E-state index contributed by atoms with van der Waals surface area (Å²) >= 11 is 0. The van der Waals surface area contributed by atoms with Crippen LogP contribution in [0.1, 0.15) is 34.0 Å². The molecule has 6 heteroatoms. The Morgan fingerprint density at radius 1 is 1.29 bits per heavy atom. The zero-order valence-electron chi connectivity index (χ0n) is 13.5. The standard InChI is InChI=1S/C18H20N4O2/c1-13-16(17-19-9-5-10-22(17)21-13)18(24)20-12-15(8-11-23)14-6-3-2-4-7-14/h2-7,9-10,15,23H,8,11-12H2,1H3,(H,20,24). The first-order valence-corrected chi connectivity index (χ1v) is 7.94. The van der Waals surface area contributed by atoms with Gasteiger partial charge in [-0.1, -0.05) is 30.3 Å². The number of aliphatic hydroxyl groups excluding tert-OH is 1. The maximum absolute atomic E-state index is 12.6. The molecular weight excluding hydrogens is 304 g/mol. The molecule has 0 aliphatic heterocycles. The molecule has 0 saturated carbocycles. The second-order valence-electron chi connectivity index (χ2n) is 5.68. The van der Waals surface area contributed by atoms with E-state index in [0.717, 1.165) is 5.56 Å². The first-order valence-electron chi connectivity index (χ1n) is 7.94. The fraction of sp³-hybridized carbons (Fsp3) is 0.278. The summed E-state index contributed by atoms with van der Waals surface area (Å²) in [5.41, 5.74) is 2.78. The molecule has 24 heavy (non-hydrogen) atoms. The molecule has 0 fully saturated rings. The second-order valence-corrected chi connectivity index (χ2v) is 5.68. The summed E-state index contributed by atoms with van der Waals surface area (Å²) < 4.78 is 1.60. The van der Waals surface area contributed by atoms with E-state index >= 15 is 0 Å². The van der Waals surface area contributed by atoms with Crippen molar-refractivity contribution < 1.29 is 9.90 Å². The topological polar surface area (TPSA) is 79.5 Å². The minimum absolute atomic E-state index is 0.0650. The summed E-state index contributed by atoms with van der Waals surface area (Å²) in [6.45, 7) is 2.33. The number of carbonyl (C=O) groups excluding carboxylic acids is 1. The van der Waals surface area contributed by atoms with Crippen LogP contribution < -0.4 is 5.32 Å². The molecule has 2 aromatic heterocycles. The van der Waals surface area contributed by atoms with Gasteiger partial charge in [0.05, 0.1) is 5.69 Å². The van der Waals surface area contributed by atoms with E-state index in [4.69, 9.17) is 0 Å². The maximum atomic E-state index is 12.6. The Bertz CT molecular complexity index is 829. The van der Waals surface area contributed by atoms with Crippen LogP contribution in [0.2, 0.25) is 0 Å². The van der Waals surface area contributed by atoms with Gasteiger partial charge in [-0.25, -0.2) is 9.50 Å². The minimum Gasteiger partial charge on any atom is -0.396 e. The van der Waals surface area contributed by atoms with Crippen LogP contribution in [0.25, 0.3) is 5.65 Å². The van der Waals surface area contributed by atoms with Crippen LogP contribution in [-0.4, -0.2) is 38.8 Å². The van der Waals surface area contributed by atoms with Gasteiger partial charge < -0.3 is 10.4 Å². The van der Waals surface area contributed by atoms with Gasteiger partial charge in [0.2, 0.25) is 0 Å². The molecule has 0 aliphatic rings. The van der Waals surface area contributed by atoms with Crippen molar-refractivity contribution in [2.24, 2.45) is 0 Å². The molecule has 3 rings (SSSR count). The lowest BCUT2D eigenvalue weighted by molar-refractivity contribution is 0.0950. The van der Waals surface area contributed by atoms with Gasteiger partial charge in [-0.2, -0.15) is 5.10 Å². The Labute approximate surface area is 140 Å². The fourth-order valence-electron chi connectivity index (χ4n) is 2.83. The van der Waals surface area contributed by atoms with Gasteiger partial charge in [0.25, 0.3) is 5.91 Å². The van der Waals surface area contributed by atoms with Crippen molar-refractivity contribution in [2.75, 3.05) is 13.2 Å². The van der Waals surface area contributed by atoms with Crippen molar-refractivity contribution in [1.29, 1.82) is 0 Å². The average Bonchev–Trinajstić information content (AvgIpc) is 2.95. The lowest BCUT2D eigenvalue weighted by atomic mass is 9.96. The van der Waals surface area contributed by atoms with E-state index in [1.54, 1.807) is 29.9 Å².